The van der Waals surface area contributed by atoms with Crippen molar-refractivity contribution in [2.45, 2.75) is 94.6 Å². The number of amides is 3. The SMILES string of the molecule is CSc1ccc(OP(=O)(Oc2ccc(SC)cc2)[C@@H](NC(=O)[C@@H]2CCCN2C(=O)[C@@H](NC(=O)COc2ccc(OCC(=O)OC(C)(C)C)cc2)C(C)C)C(C)C)cc1. The topological polar surface area (TPSA) is 159 Å². The maximum Gasteiger partial charge on any atom is 0.453 e. The molecule has 1 aliphatic rings. The molecule has 0 aromatic heterocycles. The van der Waals surface area contributed by atoms with Gasteiger partial charge in [0.05, 0.1) is 0 Å². The summed E-state index contributed by atoms with van der Waals surface area (Å²) in [5, 5.41) is 5.74. The average molecular weight is 858 g/mol. The molecule has 3 amide bonds. The summed E-state index contributed by atoms with van der Waals surface area (Å²) >= 11 is 3.12. The van der Waals surface area contributed by atoms with Crippen LogP contribution in [-0.2, 0) is 28.5 Å². The van der Waals surface area contributed by atoms with Crippen molar-refractivity contribution in [1.82, 2.24) is 15.5 Å². The molecule has 13 nitrogen and oxygen atoms in total. The maximum absolute atomic E-state index is 14.9. The highest BCUT2D eigenvalue weighted by molar-refractivity contribution is 7.98. The summed E-state index contributed by atoms with van der Waals surface area (Å²) < 4.78 is 43.7. The number of hydrogen-bond donors (Lipinski definition) is 2. The van der Waals surface area contributed by atoms with Crippen LogP contribution in [0.2, 0.25) is 0 Å². The lowest BCUT2D eigenvalue weighted by molar-refractivity contribution is -0.157. The van der Waals surface area contributed by atoms with Gasteiger partial charge in [-0.3, -0.25) is 14.4 Å². The monoisotopic (exact) mass is 857 g/mol. The third kappa shape index (κ3) is 13.6. The van der Waals surface area contributed by atoms with Crippen LogP contribution in [0.25, 0.3) is 0 Å². The van der Waals surface area contributed by atoms with E-state index in [1.54, 1.807) is 92.8 Å². The van der Waals surface area contributed by atoms with Crippen LogP contribution in [-0.4, -0.2) is 84.3 Å². The van der Waals surface area contributed by atoms with E-state index in [9.17, 15) is 23.7 Å². The fraction of sp³-hybridized carbons (Fsp3) is 0.476. The minimum Gasteiger partial charge on any atom is -0.484 e. The second kappa shape index (κ2) is 21.1. The maximum atomic E-state index is 14.9. The van der Waals surface area contributed by atoms with Gasteiger partial charge >= 0.3 is 13.6 Å². The van der Waals surface area contributed by atoms with Crippen molar-refractivity contribution in [3.05, 3.63) is 72.8 Å². The standard InChI is InChI=1S/C42H56N3O10PS2/c1-27(2)38(43-36(46)25-51-29-12-14-30(15-13-29)52-26-37(47)53-42(5,6)7)41(49)45-24-10-11-35(45)39(48)44-40(28(3)4)56(50,54-31-16-20-33(57-8)21-17-31)55-32-18-22-34(58-9)23-19-32/h12-23,27-28,35,38,40H,10-11,24-26H2,1-9H3,(H,43,46)(H,44,48)/t35-,38-,40+/m0/s1. The van der Waals surface area contributed by atoms with Crippen molar-refractivity contribution in [1.29, 1.82) is 0 Å². The summed E-state index contributed by atoms with van der Waals surface area (Å²) in [6.45, 7) is 12.2. The molecule has 16 heteroatoms. The van der Waals surface area contributed by atoms with E-state index >= 15 is 0 Å². The van der Waals surface area contributed by atoms with Gasteiger partial charge < -0.3 is 38.8 Å². The first-order chi connectivity index (χ1) is 27.4. The molecular formula is C42H56N3O10PS2. The number of nitrogens with zero attached hydrogens (tertiary/aromatic N) is 1. The molecule has 0 radical (unpaired) electrons. The third-order valence-electron chi connectivity index (χ3n) is 8.90. The van der Waals surface area contributed by atoms with E-state index in [-0.39, 0.29) is 19.1 Å². The van der Waals surface area contributed by atoms with Crippen LogP contribution >= 0.6 is 31.1 Å². The van der Waals surface area contributed by atoms with Gasteiger partial charge in [0.1, 0.15) is 40.7 Å². The summed E-state index contributed by atoms with van der Waals surface area (Å²) in [6, 6.07) is 18.8. The average Bonchev–Trinajstić information content (AvgIpc) is 3.68. The van der Waals surface area contributed by atoms with Gasteiger partial charge in [0.2, 0.25) is 11.8 Å². The number of esters is 1. The van der Waals surface area contributed by atoms with Gasteiger partial charge in [-0.05, 0) is 131 Å². The summed E-state index contributed by atoms with van der Waals surface area (Å²) in [4.78, 5) is 56.7. The molecule has 316 valence electrons. The normalized spacial score (nSPS) is 15.4. The van der Waals surface area contributed by atoms with Gasteiger partial charge in [-0.1, -0.05) is 27.7 Å². The summed E-state index contributed by atoms with van der Waals surface area (Å²) in [6.07, 6.45) is 4.84. The molecule has 0 saturated carbocycles. The fourth-order valence-electron chi connectivity index (χ4n) is 6.06. The van der Waals surface area contributed by atoms with Gasteiger partial charge in [0.25, 0.3) is 5.91 Å². The first-order valence-corrected chi connectivity index (χ1v) is 23.2. The molecule has 0 bridgehead atoms. The minimum atomic E-state index is -4.16. The highest BCUT2D eigenvalue weighted by Gasteiger charge is 2.46. The molecular weight excluding hydrogens is 802 g/mol. The van der Waals surface area contributed by atoms with E-state index in [4.69, 9.17) is 23.3 Å². The van der Waals surface area contributed by atoms with Crippen LogP contribution in [0.5, 0.6) is 23.0 Å². The smallest absolute Gasteiger partial charge is 0.453 e. The van der Waals surface area contributed by atoms with Crippen LogP contribution in [0.4, 0.5) is 0 Å². The lowest BCUT2D eigenvalue weighted by atomic mass is 10.0. The van der Waals surface area contributed by atoms with Crippen LogP contribution in [0, 0.1) is 11.8 Å². The van der Waals surface area contributed by atoms with Crippen molar-refractivity contribution >= 4 is 54.8 Å². The van der Waals surface area contributed by atoms with Crippen LogP contribution in [0.3, 0.4) is 0 Å². The number of benzene rings is 3. The molecule has 3 aromatic rings. The highest BCUT2D eigenvalue weighted by atomic mass is 32.2. The number of ether oxygens (including phenoxy) is 3. The molecule has 1 saturated heterocycles. The molecule has 2 N–H and O–H groups in total. The predicted molar refractivity (Wildman–Crippen MR) is 227 cm³/mol. The summed E-state index contributed by atoms with van der Waals surface area (Å²) in [7, 11) is -4.16. The van der Waals surface area contributed by atoms with E-state index in [2.05, 4.69) is 10.6 Å². The van der Waals surface area contributed by atoms with E-state index in [0.29, 0.717) is 42.4 Å². The van der Waals surface area contributed by atoms with Crippen molar-refractivity contribution in [2.75, 3.05) is 32.3 Å². The molecule has 0 spiro atoms. The lowest BCUT2D eigenvalue weighted by Crippen LogP contribution is -2.56. The van der Waals surface area contributed by atoms with Crippen LogP contribution < -0.4 is 29.2 Å². The molecule has 0 aliphatic carbocycles. The Labute approximate surface area is 350 Å². The highest BCUT2D eigenvalue weighted by Crippen LogP contribution is 2.54. The predicted octanol–water partition coefficient (Wildman–Crippen LogP) is 7.81. The molecule has 58 heavy (non-hydrogen) atoms. The van der Waals surface area contributed by atoms with Crippen LogP contribution in [0.15, 0.2) is 82.6 Å². The Hall–Kier alpha value is -4.33. The Morgan fingerprint density at radius 3 is 1.67 bits per heavy atom. The Bertz CT molecular complexity index is 1830. The van der Waals surface area contributed by atoms with E-state index in [1.165, 1.54) is 4.90 Å². The molecule has 0 unspecified atom stereocenters. The molecule has 1 fully saturated rings. The number of carbonyl (C=O) groups excluding carboxylic acids is 4. The lowest BCUT2D eigenvalue weighted by Gasteiger charge is -2.34. The van der Waals surface area contributed by atoms with Crippen LogP contribution in [0.1, 0.15) is 61.3 Å². The van der Waals surface area contributed by atoms with Gasteiger partial charge in [0.15, 0.2) is 19.0 Å². The first-order valence-electron chi connectivity index (χ1n) is 19.2. The Kier molecular flexibility index (Phi) is 16.9. The van der Waals surface area contributed by atoms with Gasteiger partial charge in [0, 0.05) is 16.3 Å². The largest absolute Gasteiger partial charge is 0.484 e. The molecule has 3 atom stereocenters. The third-order valence-corrected chi connectivity index (χ3v) is 12.7. The number of nitrogens with one attached hydrogen (secondary N) is 2. The zero-order valence-corrected chi connectivity index (χ0v) is 37.2. The summed E-state index contributed by atoms with van der Waals surface area (Å²) in [5.41, 5.74) is -0.623. The quantitative estimate of drug-likeness (QED) is 0.0686. The van der Waals surface area contributed by atoms with Crippen molar-refractivity contribution in [2.24, 2.45) is 11.8 Å². The molecule has 1 heterocycles. The number of thioether (sulfide) groups is 2. The fourth-order valence-corrected chi connectivity index (χ4v) is 8.98. The van der Waals surface area contributed by atoms with E-state index in [0.717, 1.165) is 9.79 Å². The van der Waals surface area contributed by atoms with E-state index in [1.807, 2.05) is 64.5 Å². The second-order valence-electron chi connectivity index (χ2n) is 15.4. The first kappa shape index (κ1) is 46.4. The number of rotatable bonds is 19. The van der Waals surface area contributed by atoms with Gasteiger partial charge in [-0.15, -0.1) is 23.5 Å². The zero-order valence-electron chi connectivity index (χ0n) is 34.6. The Balaban J connectivity index is 1.43. The second-order valence-corrected chi connectivity index (χ2v) is 19.1. The Morgan fingerprint density at radius 1 is 0.741 bits per heavy atom. The van der Waals surface area contributed by atoms with Crippen molar-refractivity contribution in [3.63, 3.8) is 0 Å². The summed E-state index contributed by atoms with van der Waals surface area (Å²) in [5.74, 6) is -2.30. The number of carbonyl (C=O) groups is 4. The van der Waals surface area contributed by atoms with Gasteiger partial charge in [-0.2, -0.15) is 0 Å². The molecule has 3 aromatic carbocycles. The Morgan fingerprint density at radius 2 is 1.22 bits per heavy atom. The minimum absolute atomic E-state index is 0.257. The van der Waals surface area contributed by atoms with Gasteiger partial charge in [-0.25, -0.2) is 9.36 Å². The number of likely N-dealkylation sites (tertiary alicyclic amines) is 1. The van der Waals surface area contributed by atoms with Crippen molar-refractivity contribution < 1.29 is 47.0 Å². The van der Waals surface area contributed by atoms with Crippen molar-refractivity contribution in [3.8, 4) is 23.0 Å². The molecule has 1 aliphatic heterocycles. The van der Waals surface area contributed by atoms with E-state index < -0.39 is 60.7 Å². The number of hydrogen-bond acceptors (Lipinski definition) is 12. The zero-order chi connectivity index (χ0) is 42.6. The molecule has 4 rings (SSSR count).